The van der Waals surface area contributed by atoms with Gasteiger partial charge < -0.3 is 34.8 Å². The number of halogens is 1. The number of carbonyl (C=O) groups is 7. The van der Waals surface area contributed by atoms with Gasteiger partial charge in [0, 0.05) is 85.8 Å². The quantitative estimate of drug-likeness (QED) is 0.113. The molecule has 4 saturated heterocycles. The van der Waals surface area contributed by atoms with Crippen LogP contribution < -0.4 is 20.9 Å². The number of nitrogens with one attached hydrogen (secondary N) is 3. The van der Waals surface area contributed by atoms with Gasteiger partial charge in [-0.05, 0) is 140 Å². The van der Waals surface area contributed by atoms with E-state index < -0.39 is 40.9 Å². The number of aromatic nitrogens is 4. The highest BCUT2D eigenvalue weighted by molar-refractivity contribution is 6.25. The first kappa shape index (κ1) is 51.8. The van der Waals surface area contributed by atoms with Crippen LogP contribution in [0.3, 0.4) is 0 Å². The van der Waals surface area contributed by atoms with Crippen molar-refractivity contribution < 1.29 is 38.0 Å². The summed E-state index contributed by atoms with van der Waals surface area (Å²) in [7, 11) is 0. The summed E-state index contributed by atoms with van der Waals surface area (Å²) >= 11 is 0. The molecule has 20 heteroatoms. The number of fused-ring (bicyclic) bond motifs is 4. The number of hydrogen-bond acceptors (Lipinski definition) is 13. The van der Waals surface area contributed by atoms with E-state index in [0.29, 0.717) is 99.9 Å². The maximum Gasteiger partial charge on any atom is 0.264 e. The number of amides is 7. The summed E-state index contributed by atoms with van der Waals surface area (Å²) < 4.78 is 17.1. The number of benzene rings is 2. The van der Waals surface area contributed by atoms with Gasteiger partial charge >= 0.3 is 0 Å². The molecule has 2 atom stereocenters. The van der Waals surface area contributed by atoms with Crippen molar-refractivity contribution in [2.45, 2.75) is 139 Å². The second kappa shape index (κ2) is 20.5. The fourth-order valence-corrected chi connectivity index (χ4v) is 14.4. The molecule has 6 fully saturated rings. The van der Waals surface area contributed by atoms with E-state index >= 15 is 9.18 Å². The summed E-state index contributed by atoms with van der Waals surface area (Å²) in [6, 6.07) is 14.2. The van der Waals surface area contributed by atoms with E-state index in [1.165, 1.54) is 31.7 Å². The highest BCUT2D eigenvalue weighted by Gasteiger charge is 2.56. The number of imide groups is 2. The van der Waals surface area contributed by atoms with Crippen molar-refractivity contribution in [2.75, 3.05) is 54.8 Å². The zero-order chi connectivity index (χ0) is 55.1. The number of likely N-dealkylation sites (tertiary alicyclic amines) is 3. The summed E-state index contributed by atoms with van der Waals surface area (Å²) in [5.41, 5.74) is 5.16. The first-order chi connectivity index (χ1) is 38.7. The molecule has 9 heterocycles. The van der Waals surface area contributed by atoms with Crippen molar-refractivity contribution in [1.82, 2.24) is 44.4 Å². The van der Waals surface area contributed by atoms with Gasteiger partial charge in [-0.15, -0.1) is 0 Å². The van der Waals surface area contributed by atoms with Gasteiger partial charge in [-0.2, -0.15) is 0 Å². The van der Waals surface area contributed by atoms with Gasteiger partial charge in [0.25, 0.3) is 11.8 Å². The molecule has 13 rings (SSSR count). The summed E-state index contributed by atoms with van der Waals surface area (Å²) in [6.07, 6.45) is 14.2. The fourth-order valence-electron chi connectivity index (χ4n) is 14.4. The van der Waals surface area contributed by atoms with Gasteiger partial charge in [-0.25, -0.2) is 14.4 Å². The monoisotopic (exact) mass is 1090 g/mol. The maximum atomic E-state index is 15.3. The molecule has 19 nitrogen and oxygen atoms in total. The van der Waals surface area contributed by atoms with Crippen LogP contribution in [0.2, 0.25) is 0 Å². The molecular formula is C60H67FN12O7. The van der Waals surface area contributed by atoms with Crippen LogP contribution in [0, 0.1) is 17.7 Å². The summed E-state index contributed by atoms with van der Waals surface area (Å²) in [5.74, 6) is -2.60. The van der Waals surface area contributed by atoms with Crippen LogP contribution in [0.4, 0.5) is 27.3 Å². The Kier molecular flexibility index (Phi) is 13.3. The van der Waals surface area contributed by atoms with Crippen molar-refractivity contribution in [3.63, 3.8) is 0 Å². The molecule has 3 N–H and O–H groups in total. The zero-order valence-electron chi connectivity index (χ0n) is 45.3. The van der Waals surface area contributed by atoms with Crippen LogP contribution in [0.25, 0.3) is 22.3 Å². The van der Waals surface area contributed by atoms with Crippen LogP contribution in [-0.4, -0.2) is 144 Å². The lowest BCUT2D eigenvalue weighted by atomic mass is 9.73. The van der Waals surface area contributed by atoms with Gasteiger partial charge in [0.1, 0.15) is 11.6 Å². The molecule has 2 saturated carbocycles. The van der Waals surface area contributed by atoms with Crippen molar-refractivity contribution in [3.05, 3.63) is 89.8 Å². The summed E-state index contributed by atoms with van der Waals surface area (Å²) in [5, 5.41) is 8.95. The molecule has 0 unspecified atom stereocenters. The Bertz CT molecular complexity index is 3370. The van der Waals surface area contributed by atoms with E-state index in [4.69, 9.17) is 9.97 Å². The minimum Gasteiger partial charge on any atom is -0.382 e. The summed E-state index contributed by atoms with van der Waals surface area (Å²) in [6.45, 7) is 8.03. The maximum absolute atomic E-state index is 15.3. The molecule has 0 bridgehead atoms. The second-order valence-electron chi connectivity index (χ2n) is 23.8. The van der Waals surface area contributed by atoms with Gasteiger partial charge in [-0.1, -0.05) is 24.6 Å². The zero-order valence-corrected chi connectivity index (χ0v) is 45.3. The molecule has 2 aromatic carbocycles. The van der Waals surface area contributed by atoms with E-state index in [1.54, 1.807) is 30.6 Å². The number of pyridine rings is 2. The predicted octanol–water partition coefficient (Wildman–Crippen LogP) is 7.10. The van der Waals surface area contributed by atoms with E-state index in [9.17, 15) is 28.8 Å². The first-order valence-corrected chi connectivity index (χ1v) is 28.9. The number of hydrogen-bond donors (Lipinski definition) is 3. The fraction of sp³-hybridized carbons (Fsp3) is 0.500. The van der Waals surface area contributed by atoms with E-state index in [0.717, 1.165) is 53.2 Å². The number of piperidine rings is 3. The predicted molar refractivity (Wildman–Crippen MR) is 295 cm³/mol. The summed E-state index contributed by atoms with van der Waals surface area (Å²) in [4.78, 5) is 119. The topological polar surface area (TPSA) is 215 Å². The third-order valence-electron chi connectivity index (χ3n) is 18.9. The molecule has 7 amide bonds. The lowest BCUT2D eigenvalue weighted by Crippen LogP contribution is -2.58. The minimum absolute atomic E-state index is 0.0290. The van der Waals surface area contributed by atoms with Crippen LogP contribution >= 0.6 is 0 Å². The van der Waals surface area contributed by atoms with Crippen LogP contribution in [0.5, 0.6) is 0 Å². The van der Waals surface area contributed by atoms with E-state index in [2.05, 4.69) is 56.7 Å². The third kappa shape index (κ3) is 8.88. The molecule has 6 aliphatic heterocycles. The molecule has 8 aliphatic rings. The van der Waals surface area contributed by atoms with Gasteiger partial charge in [0.15, 0.2) is 11.6 Å². The standard InChI is InChI=1S/C60H67FN12O7/c1-34(2)71-33-63-47-30-46(66-53(52(47)71)65-44-17-21-62-31-43(44)61)36-11-14-42-49(27-36)72(40-28-39(29-40)68-22-4-3-5-23-68)59(80)60(42)19-25-69(26-20-60)56(77)37-18-24-70(32-37)55(76)35-9-12-38(13-10-35)64-45-8-6-7-41-51(45)58(79)73(57(41)78)48-15-16-50(74)67-54(48)75/h6-8,11,14,17,21,27,30-31,33-35,37-40,48,64H,3-5,9-10,12-13,15-16,18-20,22-26,28-29,32H2,1-2H3,(H,62,65,66)(H,67,74,75)/t35?,37-,38?,39?,40?,48-/m1/s1. The van der Waals surface area contributed by atoms with Crippen LogP contribution in [0.15, 0.2) is 67.3 Å². The molecule has 3 aromatic heterocycles. The Balaban J connectivity index is 0.675. The largest absolute Gasteiger partial charge is 0.382 e. The molecule has 0 radical (unpaired) electrons. The average molecular weight is 1090 g/mol. The van der Waals surface area contributed by atoms with Crippen molar-refractivity contribution in [1.29, 1.82) is 0 Å². The van der Waals surface area contributed by atoms with Crippen molar-refractivity contribution in [3.8, 4) is 11.3 Å². The number of rotatable bonds is 11. The smallest absolute Gasteiger partial charge is 0.264 e. The molecule has 416 valence electrons. The molecule has 1 spiro atoms. The third-order valence-corrected chi connectivity index (χ3v) is 18.9. The average Bonchev–Trinajstić information content (AvgIpc) is 4.43. The molecule has 80 heavy (non-hydrogen) atoms. The van der Waals surface area contributed by atoms with Gasteiger partial charge in [0.2, 0.25) is 29.5 Å². The minimum atomic E-state index is -1.05. The van der Waals surface area contributed by atoms with Crippen LogP contribution in [-0.2, 0) is 29.4 Å². The van der Waals surface area contributed by atoms with E-state index in [-0.39, 0.29) is 77.3 Å². The Morgan fingerprint density at radius 3 is 2.31 bits per heavy atom. The number of imidazole rings is 1. The SMILES string of the molecule is CC(C)n1cnc2cc(-c3ccc4c(c3)N(C3CC(N5CCCCC5)C3)C(=O)C43CCN(C(=O)[C@@H]4CCN(C(=O)C5CCC(Nc6cccc7c6C(=O)N([C@@H]6CCC(=O)NC6=O)C7=O)CC5)C4)CC3)nc(Nc3ccncc3F)c21. The molecule has 2 aliphatic carbocycles. The van der Waals surface area contributed by atoms with Gasteiger partial charge in [0.05, 0.1) is 51.9 Å². The highest BCUT2D eigenvalue weighted by atomic mass is 19.1. The Labute approximate surface area is 463 Å². The number of carbonyl (C=O) groups excluding carboxylic acids is 7. The van der Waals surface area contributed by atoms with Crippen molar-refractivity contribution in [2.24, 2.45) is 11.8 Å². The first-order valence-electron chi connectivity index (χ1n) is 28.9. The highest BCUT2D eigenvalue weighted by Crippen LogP contribution is 2.53. The Hall–Kier alpha value is -7.61. The Morgan fingerprint density at radius 1 is 0.787 bits per heavy atom. The van der Waals surface area contributed by atoms with Crippen LogP contribution in [0.1, 0.15) is 136 Å². The molecule has 5 aromatic rings. The van der Waals surface area contributed by atoms with Crippen molar-refractivity contribution >= 4 is 75.3 Å². The van der Waals surface area contributed by atoms with Gasteiger partial charge in [-0.3, -0.25) is 48.8 Å². The number of anilines is 4. The number of nitrogens with zero attached hydrogens (tertiary/aromatic N) is 9. The molecular weight excluding hydrogens is 1020 g/mol. The lowest BCUT2D eigenvalue weighted by Gasteiger charge is -2.48. The lowest BCUT2D eigenvalue weighted by molar-refractivity contribution is -0.140. The normalized spacial score (nSPS) is 25.8. The second-order valence-corrected chi connectivity index (χ2v) is 23.8. The Morgan fingerprint density at radius 2 is 1.56 bits per heavy atom. The van der Waals surface area contributed by atoms with E-state index in [1.807, 2.05) is 26.5 Å².